The van der Waals surface area contributed by atoms with E-state index in [0.717, 1.165) is 17.1 Å². The number of rotatable bonds is 7. The van der Waals surface area contributed by atoms with Gasteiger partial charge in [0, 0.05) is 11.5 Å². The first-order chi connectivity index (χ1) is 12.3. The van der Waals surface area contributed by atoms with Gasteiger partial charge in [0.25, 0.3) is 0 Å². The summed E-state index contributed by atoms with van der Waals surface area (Å²) in [5.74, 6) is 1.74. The zero-order chi connectivity index (χ0) is 17.5. The molecule has 3 rings (SSSR count). The summed E-state index contributed by atoms with van der Waals surface area (Å²) in [6.45, 7) is 5.22. The van der Waals surface area contributed by atoms with Crippen LogP contribution in [0.2, 0.25) is 0 Å². The number of hydrogen-bond donors (Lipinski definition) is 0. The average Bonchev–Trinajstić information content (AvgIpc) is 2.66. The molecule has 0 aliphatic rings. The maximum Gasteiger partial charge on any atom is 0.165 e. The van der Waals surface area contributed by atoms with E-state index in [1.54, 1.807) is 0 Å². The number of ether oxygens (including phenoxy) is 2. The molecule has 0 saturated carbocycles. The zero-order valence-corrected chi connectivity index (χ0v) is 14.8. The summed E-state index contributed by atoms with van der Waals surface area (Å²) in [7, 11) is 0. The van der Waals surface area contributed by atoms with Crippen molar-refractivity contribution in [2.45, 2.75) is 19.8 Å². The number of benzene rings is 3. The fourth-order valence-electron chi connectivity index (χ4n) is 3.17. The van der Waals surface area contributed by atoms with Crippen molar-refractivity contribution in [1.29, 1.82) is 0 Å². The van der Waals surface area contributed by atoms with Gasteiger partial charge in [-0.25, -0.2) is 0 Å². The molecule has 3 aromatic rings. The molecular weight excluding hydrogens is 308 g/mol. The van der Waals surface area contributed by atoms with Gasteiger partial charge in [-0.05, 0) is 31.0 Å². The van der Waals surface area contributed by atoms with Crippen molar-refractivity contribution in [3.05, 3.63) is 95.6 Å². The van der Waals surface area contributed by atoms with E-state index in [4.69, 9.17) is 9.47 Å². The molecule has 2 heteroatoms. The summed E-state index contributed by atoms with van der Waals surface area (Å²) in [5.41, 5.74) is 3.61. The van der Waals surface area contributed by atoms with Crippen LogP contribution in [0, 0.1) is 0 Å². The van der Waals surface area contributed by atoms with Crippen LogP contribution in [0.3, 0.4) is 0 Å². The van der Waals surface area contributed by atoms with E-state index in [9.17, 15) is 0 Å². The largest absolute Gasteiger partial charge is 0.490 e. The van der Waals surface area contributed by atoms with Crippen molar-refractivity contribution in [3.63, 3.8) is 0 Å². The lowest BCUT2D eigenvalue weighted by Gasteiger charge is -2.23. The smallest absolute Gasteiger partial charge is 0.165 e. The van der Waals surface area contributed by atoms with Crippen LogP contribution in [0.4, 0.5) is 0 Å². The Balaban J connectivity index is 2.18. The highest BCUT2D eigenvalue weighted by molar-refractivity contribution is 5.55. The topological polar surface area (TPSA) is 18.5 Å². The lowest BCUT2D eigenvalue weighted by Crippen LogP contribution is -2.08. The molecule has 0 atom stereocenters. The van der Waals surface area contributed by atoms with Crippen LogP contribution in [0.25, 0.3) is 0 Å². The van der Waals surface area contributed by atoms with E-state index in [2.05, 4.69) is 54.6 Å². The molecule has 0 amide bonds. The fraction of sp³-hybridized carbons (Fsp3) is 0.217. The predicted molar refractivity (Wildman–Crippen MR) is 103 cm³/mol. The van der Waals surface area contributed by atoms with Gasteiger partial charge in [0.1, 0.15) is 0 Å². The molecule has 25 heavy (non-hydrogen) atoms. The first kappa shape index (κ1) is 17.1. The van der Waals surface area contributed by atoms with E-state index in [0.29, 0.717) is 13.2 Å². The van der Waals surface area contributed by atoms with E-state index in [-0.39, 0.29) is 5.92 Å². The van der Waals surface area contributed by atoms with E-state index < -0.39 is 0 Å². The highest BCUT2D eigenvalue weighted by atomic mass is 16.5. The van der Waals surface area contributed by atoms with Gasteiger partial charge in [-0.1, -0.05) is 72.8 Å². The summed E-state index contributed by atoms with van der Waals surface area (Å²) in [5, 5.41) is 0. The predicted octanol–water partition coefficient (Wildman–Crippen LogP) is 5.66. The van der Waals surface area contributed by atoms with Crippen LogP contribution >= 0.6 is 0 Å². The van der Waals surface area contributed by atoms with Gasteiger partial charge >= 0.3 is 0 Å². The summed E-state index contributed by atoms with van der Waals surface area (Å²) < 4.78 is 11.8. The Labute approximate surface area is 150 Å². The summed E-state index contributed by atoms with van der Waals surface area (Å²) >= 11 is 0. The van der Waals surface area contributed by atoms with Crippen LogP contribution in [0.1, 0.15) is 36.5 Å². The second-order valence-corrected chi connectivity index (χ2v) is 5.79. The monoisotopic (exact) mass is 332 g/mol. The second kappa shape index (κ2) is 8.39. The van der Waals surface area contributed by atoms with E-state index in [1.165, 1.54) is 11.1 Å². The van der Waals surface area contributed by atoms with Gasteiger partial charge in [0.05, 0.1) is 13.2 Å². The third-order valence-corrected chi connectivity index (χ3v) is 4.17. The average molecular weight is 332 g/mol. The van der Waals surface area contributed by atoms with Crippen molar-refractivity contribution in [2.24, 2.45) is 0 Å². The minimum Gasteiger partial charge on any atom is -0.490 e. The maximum atomic E-state index is 6.02. The fourth-order valence-corrected chi connectivity index (χ4v) is 3.17. The van der Waals surface area contributed by atoms with Crippen molar-refractivity contribution in [2.75, 3.05) is 13.2 Å². The summed E-state index contributed by atoms with van der Waals surface area (Å²) in [6.07, 6.45) is 0. The molecule has 0 heterocycles. The Morgan fingerprint density at radius 1 is 0.640 bits per heavy atom. The number of hydrogen-bond acceptors (Lipinski definition) is 2. The van der Waals surface area contributed by atoms with Gasteiger partial charge in [-0.3, -0.25) is 0 Å². The molecule has 0 unspecified atom stereocenters. The maximum absolute atomic E-state index is 6.02. The molecule has 0 aromatic heterocycles. The molecule has 0 radical (unpaired) electrons. The third kappa shape index (κ3) is 3.85. The summed E-state index contributed by atoms with van der Waals surface area (Å²) in [4.78, 5) is 0. The van der Waals surface area contributed by atoms with Crippen LogP contribution in [0.5, 0.6) is 11.5 Å². The van der Waals surface area contributed by atoms with Crippen LogP contribution < -0.4 is 9.47 Å². The molecule has 0 fully saturated rings. The standard InChI is InChI=1S/C23H24O2/c1-3-24-21-17-11-16-20(23(21)25-4-2)22(18-12-7-5-8-13-18)19-14-9-6-10-15-19/h5-17,22H,3-4H2,1-2H3. The van der Waals surface area contributed by atoms with Crippen molar-refractivity contribution in [1.82, 2.24) is 0 Å². The minimum atomic E-state index is 0.101. The first-order valence-electron chi connectivity index (χ1n) is 8.83. The van der Waals surface area contributed by atoms with Gasteiger partial charge in [0.15, 0.2) is 11.5 Å². The zero-order valence-electron chi connectivity index (χ0n) is 14.8. The molecule has 0 aliphatic carbocycles. The van der Waals surface area contributed by atoms with Crippen molar-refractivity contribution >= 4 is 0 Å². The first-order valence-corrected chi connectivity index (χ1v) is 8.83. The SMILES string of the molecule is CCOc1cccc(C(c2ccccc2)c2ccccc2)c1OCC. The van der Waals surface area contributed by atoms with Crippen LogP contribution in [-0.4, -0.2) is 13.2 Å². The Kier molecular flexibility index (Phi) is 5.73. The van der Waals surface area contributed by atoms with Gasteiger partial charge in [-0.2, -0.15) is 0 Å². The normalized spacial score (nSPS) is 10.7. The molecule has 2 nitrogen and oxygen atoms in total. The molecule has 0 N–H and O–H groups in total. The second-order valence-electron chi connectivity index (χ2n) is 5.79. The minimum absolute atomic E-state index is 0.101. The third-order valence-electron chi connectivity index (χ3n) is 4.17. The van der Waals surface area contributed by atoms with Gasteiger partial charge < -0.3 is 9.47 Å². The lowest BCUT2D eigenvalue weighted by molar-refractivity contribution is 0.285. The van der Waals surface area contributed by atoms with Crippen LogP contribution in [-0.2, 0) is 0 Å². The Morgan fingerprint density at radius 2 is 1.20 bits per heavy atom. The highest BCUT2D eigenvalue weighted by Crippen LogP contribution is 2.41. The molecule has 0 bridgehead atoms. The molecule has 0 saturated heterocycles. The molecular formula is C23H24O2. The van der Waals surface area contributed by atoms with Crippen LogP contribution in [0.15, 0.2) is 78.9 Å². The quantitative estimate of drug-likeness (QED) is 0.519. The Morgan fingerprint density at radius 3 is 1.72 bits per heavy atom. The molecule has 0 spiro atoms. The van der Waals surface area contributed by atoms with Crippen molar-refractivity contribution < 1.29 is 9.47 Å². The lowest BCUT2D eigenvalue weighted by atomic mass is 9.84. The Hall–Kier alpha value is -2.74. The van der Waals surface area contributed by atoms with Crippen molar-refractivity contribution in [3.8, 4) is 11.5 Å². The number of para-hydroxylation sites is 1. The molecule has 128 valence electrons. The van der Waals surface area contributed by atoms with E-state index >= 15 is 0 Å². The Bertz CT molecular complexity index is 742. The summed E-state index contributed by atoms with van der Waals surface area (Å²) in [6, 6.07) is 27.2. The highest BCUT2D eigenvalue weighted by Gasteiger charge is 2.22. The molecule has 3 aromatic carbocycles. The molecule has 0 aliphatic heterocycles. The van der Waals surface area contributed by atoms with Gasteiger partial charge in [0.2, 0.25) is 0 Å². The van der Waals surface area contributed by atoms with Gasteiger partial charge in [-0.15, -0.1) is 0 Å². The van der Waals surface area contributed by atoms with E-state index in [1.807, 2.05) is 38.1 Å².